The van der Waals surface area contributed by atoms with Gasteiger partial charge in [0.2, 0.25) is 0 Å². The smallest absolute Gasteiger partial charge is 0.550 e. The molecule has 0 saturated carbocycles. The molecule has 0 saturated heterocycles. The fourth-order valence-corrected chi connectivity index (χ4v) is 7.05. The van der Waals surface area contributed by atoms with Gasteiger partial charge in [0.1, 0.15) is 0 Å². The van der Waals surface area contributed by atoms with Crippen LogP contribution in [-0.2, 0) is 29.1 Å². The Morgan fingerprint density at radius 2 is 0.373 bits per heavy atom. The van der Waals surface area contributed by atoms with Crippen molar-refractivity contribution in [3.8, 4) is 0 Å². The average molecular weight is 773 g/mol. The van der Waals surface area contributed by atoms with Crippen molar-refractivity contribution >= 4 is 11.9 Å². The molecule has 300 valence electrons. The van der Waals surface area contributed by atoms with Crippen molar-refractivity contribution in [1.82, 2.24) is 0 Å². The number of carbonyl (C=O) groups is 2. The molecule has 51 heavy (non-hydrogen) atoms. The minimum atomic E-state index is -0.901. The Balaban J connectivity index is -0.000000886. The third-order valence-corrected chi connectivity index (χ3v) is 10.5. The maximum Gasteiger partial charge on any atom is 2.00 e. The van der Waals surface area contributed by atoms with Crippen molar-refractivity contribution < 1.29 is 39.3 Å². The fraction of sp³-hybridized carbons (Fsp3) is 0.957. The zero-order valence-electron chi connectivity index (χ0n) is 35.0. The second-order valence-electron chi connectivity index (χ2n) is 15.7. The van der Waals surface area contributed by atoms with Gasteiger partial charge in [-0.15, -0.1) is 0 Å². The molecule has 0 rings (SSSR count). The van der Waals surface area contributed by atoms with Gasteiger partial charge in [0, 0.05) is 11.9 Å². The molecular formula is C46H90O4Zn. The van der Waals surface area contributed by atoms with Crippen LogP contribution in [-0.4, -0.2) is 11.9 Å². The molecule has 0 heterocycles. The number of aliphatic carboxylic acids is 2. The van der Waals surface area contributed by atoms with Crippen molar-refractivity contribution in [2.75, 3.05) is 0 Å². The molecule has 0 aliphatic carbocycles. The minimum absolute atomic E-state index is 0. The normalized spacial score (nSPS) is 10.9. The van der Waals surface area contributed by atoms with Gasteiger partial charge in [0.05, 0.1) is 0 Å². The maximum absolute atomic E-state index is 10.3. The summed E-state index contributed by atoms with van der Waals surface area (Å²) in [6.07, 6.45) is 54.4. The Morgan fingerprint density at radius 1 is 0.255 bits per heavy atom. The summed E-state index contributed by atoms with van der Waals surface area (Å²) in [5.74, 6) is -1.80. The molecule has 0 N–H and O–H groups in total. The summed E-state index contributed by atoms with van der Waals surface area (Å²) in [6.45, 7) is 4.57. The molecule has 0 amide bonds. The summed E-state index contributed by atoms with van der Waals surface area (Å²) in [5, 5.41) is 20.6. The number of hydrogen-bond donors (Lipinski definition) is 0. The number of carbonyl (C=O) groups excluding carboxylic acids is 2. The van der Waals surface area contributed by atoms with Crippen molar-refractivity contribution in [2.45, 2.75) is 284 Å². The van der Waals surface area contributed by atoms with Gasteiger partial charge in [-0.3, -0.25) is 0 Å². The Kier molecular flexibility index (Phi) is 55.6. The van der Waals surface area contributed by atoms with E-state index in [1.807, 2.05) is 0 Å². The molecule has 0 aromatic rings. The van der Waals surface area contributed by atoms with Crippen LogP contribution in [0.3, 0.4) is 0 Å². The molecular weight excluding hydrogens is 682 g/mol. The SMILES string of the molecule is CCCCCCCCCCCCCCCCCCCCCCC(=O)[O-].CCCCCCCCCCCCCCCCCCCCCCC(=O)[O-].[Zn+2]. The molecule has 0 radical (unpaired) electrons. The van der Waals surface area contributed by atoms with Crippen molar-refractivity contribution in [1.29, 1.82) is 0 Å². The topological polar surface area (TPSA) is 80.3 Å². The number of unbranched alkanes of at least 4 members (excludes halogenated alkanes) is 38. The van der Waals surface area contributed by atoms with Gasteiger partial charge in [-0.25, -0.2) is 0 Å². The van der Waals surface area contributed by atoms with E-state index in [0.29, 0.717) is 0 Å². The maximum atomic E-state index is 10.3. The van der Waals surface area contributed by atoms with E-state index in [-0.39, 0.29) is 32.3 Å². The Hall–Kier alpha value is -0.437. The van der Waals surface area contributed by atoms with E-state index < -0.39 is 11.9 Å². The average Bonchev–Trinajstić information content (AvgIpc) is 3.10. The molecule has 0 aromatic carbocycles. The van der Waals surface area contributed by atoms with Crippen LogP contribution in [0.25, 0.3) is 0 Å². The van der Waals surface area contributed by atoms with Crippen LogP contribution in [0.15, 0.2) is 0 Å². The summed E-state index contributed by atoms with van der Waals surface area (Å²) < 4.78 is 0. The molecule has 5 heteroatoms. The summed E-state index contributed by atoms with van der Waals surface area (Å²) in [7, 11) is 0. The number of carboxylic acids is 2. The molecule has 0 aromatic heterocycles. The monoisotopic (exact) mass is 771 g/mol. The second-order valence-corrected chi connectivity index (χ2v) is 15.7. The first-order valence-corrected chi connectivity index (χ1v) is 22.9. The zero-order chi connectivity index (χ0) is 36.9. The summed E-state index contributed by atoms with van der Waals surface area (Å²) in [4.78, 5) is 20.6. The molecule has 0 bridgehead atoms. The first kappa shape index (κ1) is 54.9. The number of hydrogen-bond acceptors (Lipinski definition) is 4. The van der Waals surface area contributed by atoms with E-state index in [9.17, 15) is 19.8 Å². The molecule has 0 aliphatic heterocycles. The van der Waals surface area contributed by atoms with Crippen LogP contribution in [0.5, 0.6) is 0 Å². The first-order valence-electron chi connectivity index (χ1n) is 22.9. The van der Waals surface area contributed by atoms with Crippen LogP contribution in [0.1, 0.15) is 284 Å². The number of carboxylic acid groups (broad SMARTS) is 2. The summed E-state index contributed by atoms with van der Waals surface area (Å²) in [5.41, 5.74) is 0. The molecule has 0 fully saturated rings. The molecule has 0 atom stereocenters. The van der Waals surface area contributed by atoms with Gasteiger partial charge in [-0.05, 0) is 25.7 Å². The Bertz CT molecular complexity index is 587. The van der Waals surface area contributed by atoms with Gasteiger partial charge < -0.3 is 19.8 Å². The van der Waals surface area contributed by atoms with Gasteiger partial charge in [0.15, 0.2) is 0 Å². The fourth-order valence-electron chi connectivity index (χ4n) is 7.05. The summed E-state index contributed by atoms with van der Waals surface area (Å²) in [6, 6.07) is 0. The Labute approximate surface area is 333 Å². The predicted octanol–water partition coefficient (Wildman–Crippen LogP) is 13.9. The van der Waals surface area contributed by atoms with Gasteiger partial charge in [-0.2, -0.15) is 0 Å². The van der Waals surface area contributed by atoms with E-state index in [1.165, 1.54) is 231 Å². The standard InChI is InChI=1S/2C23H46O2.Zn/c2*1-2-3-4-5-6-7-8-9-10-11-12-13-14-15-16-17-18-19-20-21-22-23(24)25;/h2*2-22H2,1H3,(H,24,25);/q;;+2/p-2. The van der Waals surface area contributed by atoms with Crippen molar-refractivity contribution in [3.05, 3.63) is 0 Å². The molecule has 0 spiro atoms. The van der Waals surface area contributed by atoms with E-state index in [4.69, 9.17) is 0 Å². The molecule has 0 unspecified atom stereocenters. The predicted molar refractivity (Wildman–Crippen MR) is 215 cm³/mol. The van der Waals surface area contributed by atoms with Crippen LogP contribution >= 0.6 is 0 Å². The third-order valence-electron chi connectivity index (χ3n) is 10.5. The van der Waals surface area contributed by atoms with Gasteiger partial charge in [0.25, 0.3) is 0 Å². The quantitative estimate of drug-likeness (QED) is 0.0457. The van der Waals surface area contributed by atoms with E-state index >= 15 is 0 Å². The zero-order valence-corrected chi connectivity index (χ0v) is 38.0. The summed E-state index contributed by atoms with van der Waals surface area (Å²) >= 11 is 0. The van der Waals surface area contributed by atoms with Crippen LogP contribution < -0.4 is 10.2 Å². The molecule has 0 aliphatic rings. The van der Waals surface area contributed by atoms with E-state index in [1.54, 1.807) is 0 Å². The largest absolute Gasteiger partial charge is 2.00 e. The van der Waals surface area contributed by atoms with Crippen LogP contribution in [0.2, 0.25) is 0 Å². The van der Waals surface area contributed by atoms with Gasteiger partial charge >= 0.3 is 19.5 Å². The minimum Gasteiger partial charge on any atom is -0.550 e. The Morgan fingerprint density at radius 3 is 0.490 bits per heavy atom. The third kappa shape index (κ3) is 59.1. The van der Waals surface area contributed by atoms with Crippen molar-refractivity contribution in [3.63, 3.8) is 0 Å². The van der Waals surface area contributed by atoms with E-state index in [0.717, 1.165) is 25.7 Å². The van der Waals surface area contributed by atoms with Gasteiger partial charge in [-0.1, -0.05) is 258 Å². The first-order chi connectivity index (χ1) is 24.5. The number of rotatable bonds is 42. The van der Waals surface area contributed by atoms with Crippen LogP contribution in [0.4, 0.5) is 0 Å². The second kappa shape index (κ2) is 51.7. The van der Waals surface area contributed by atoms with Crippen molar-refractivity contribution in [2.24, 2.45) is 0 Å². The molecule has 4 nitrogen and oxygen atoms in total. The van der Waals surface area contributed by atoms with E-state index in [2.05, 4.69) is 13.8 Å². The van der Waals surface area contributed by atoms with Crippen LogP contribution in [0, 0.1) is 0 Å².